The van der Waals surface area contributed by atoms with Crippen LogP contribution in [0.3, 0.4) is 0 Å². The minimum absolute atomic E-state index is 0.148. The molecule has 3 aromatic rings. The van der Waals surface area contributed by atoms with Crippen LogP contribution in [-0.4, -0.2) is 42.2 Å². The summed E-state index contributed by atoms with van der Waals surface area (Å²) in [7, 11) is 4.51. The topological polar surface area (TPSA) is 115 Å². The van der Waals surface area contributed by atoms with Crippen LogP contribution in [0.15, 0.2) is 51.0 Å². The number of methoxy groups -OCH3 is 3. The number of hydrogen-bond acceptors (Lipinski definition) is 7. The van der Waals surface area contributed by atoms with Gasteiger partial charge >= 0.3 is 5.69 Å². The summed E-state index contributed by atoms with van der Waals surface area (Å²) in [6.07, 6.45) is 1.20. The molecule has 0 aliphatic heterocycles. The van der Waals surface area contributed by atoms with E-state index in [1.165, 1.54) is 27.5 Å². The molecule has 2 N–H and O–H groups in total. The fourth-order valence-electron chi connectivity index (χ4n) is 2.95. The summed E-state index contributed by atoms with van der Waals surface area (Å²) < 4.78 is 16.9. The predicted octanol–water partition coefficient (Wildman–Crippen LogP) is 2.53. The molecule has 0 radical (unpaired) electrons. The number of aromatic nitrogens is 2. The maximum Gasteiger partial charge on any atom is 0.335 e. The van der Waals surface area contributed by atoms with Crippen LogP contribution < -0.4 is 25.5 Å². The molecule has 1 aromatic heterocycles. The number of H-pyrrole nitrogens is 1. The molecule has 162 valence electrons. The maximum atomic E-state index is 12.2. The second-order valence-electron chi connectivity index (χ2n) is 6.31. The zero-order valence-electron chi connectivity index (χ0n) is 17.0. The molecular formula is C21H20ClN3O6. The van der Waals surface area contributed by atoms with Crippen molar-refractivity contribution in [1.82, 2.24) is 9.55 Å². The zero-order valence-corrected chi connectivity index (χ0v) is 17.8. The molecule has 3 rings (SSSR count). The Kier molecular flexibility index (Phi) is 6.66. The molecule has 0 amide bonds. The number of aromatic amines is 1. The van der Waals surface area contributed by atoms with Crippen LogP contribution in [0.4, 0.5) is 0 Å². The highest BCUT2D eigenvalue weighted by Crippen LogP contribution is 2.38. The average Bonchev–Trinajstić information content (AvgIpc) is 2.76. The molecule has 31 heavy (non-hydrogen) atoms. The van der Waals surface area contributed by atoms with Crippen molar-refractivity contribution >= 4 is 17.8 Å². The van der Waals surface area contributed by atoms with Gasteiger partial charge in [-0.15, -0.1) is 0 Å². The lowest BCUT2D eigenvalue weighted by Crippen LogP contribution is -2.31. The molecule has 1 heterocycles. The summed E-state index contributed by atoms with van der Waals surface area (Å²) in [6, 6.07) is 9.64. The monoisotopic (exact) mass is 445 g/mol. The molecule has 0 spiro atoms. The van der Waals surface area contributed by atoms with Gasteiger partial charge in [-0.1, -0.05) is 11.6 Å². The Balaban J connectivity index is 1.96. The van der Waals surface area contributed by atoms with Crippen LogP contribution in [0, 0.1) is 0 Å². The van der Waals surface area contributed by atoms with Gasteiger partial charge in [-0.05, 0) is 42.0 Å². The molecule has 0 aliphatic carbocycles. The third-order valence-electron chi connectivity index (χ3n) is 4.42. The molecule has 0 atom stereocenters. The van der Waals surface area contributed by atoms with Crippen molar-refractivity contribution in [1.29, 1.82) is 0 Å². The summed E-state index contributed by atoms with van der Waals surface area (Å²) in [5.74, 6) is 0.833. The number of nitrogens with one attached hydrogen (secondary N) is 1. The maximum absolute atomic E-state index is 12.2. The van der Waals surface area contributed by atoms with Gasteiger partial charge in [-0.2, -0.15) is 0 Å². The lowest BCUT2D eigenvalue weighted by Gasteiger charge is -2.13. The fourth-order valence-corrected chi connectivity index (χ4v) is 3.08. The third kappa shape index (κ3) is 4.56. The number of ether oxygens (including phenoxy) is 3. The van der Waals surface area contributed by atoms with Gasteiger partial charge in [0.2, 0.25) is 11.6 Å². The highest BCUT2D eigenvalue weighted by Gasteiger charge is 2.15. The lowest BCUT2D eigenvalue weighted by molar-refractivity contribution is 0.324. The van der Waals surface area contributed by atoms with Gasteiger partial charge in [-0.25, -0.2) is 9.36 Å². The van der Waals surface area contributed by atoms with E-state index in [9.17, 15) is 14.7 Å². The first-order valence-electron chi connectivity index (χ1n) is 9.02. The van der Waals surface area contributed by atoms with Gasteiger partial charge in [0.25, 0.3) is 5.56 Å². The van der Waals surface area contributed by atoms with Crippen LogP contribution in [-0.2, 0) is 6.54 Å². The van der Waals surface area contributed by atoms with E-state index >= 15 is 0 Å². The first-order valence-corrected chi connectivity index (χ1v) is 9.40. The summed E-state index contributed by atoms with van der Waals surface area (Å²) in [4.78, 5) is 30.9. The molecule has 0 saturated heterocycles. The standard InChI is InChI=1S/C21H20ClN3O6/c1-29-16-8-12(9-17(30-2)18(16)31-3)10-23-11-15-19(26)24-21(28)25(20(15)27)14-6-4-13(22)5-7-14/h4-9,11,27H,10H2,1-3H3,(H,24,26,28). The minimum atomic E-state index is -0.786. The van der Waals surface area contributed by atoms with Gasteiger partial charge < -0.3 is 19.3 Å². The quantitative estimate of drug-likeness (QED) is 0.540. The SMILES string of the molecule is COc1cc(CN=Cc2c(O)n(-c3ccc(Cl)cc3)c(=O)[nH]c2=O)cc(OC)c1OC. The number of halogens is 1. The Morgan fingerprint density at radius 2 is 1.68 bits per heavy atom. The van der Waals surface area contributed by atoms with Crippen LogP contribution in [0.25, 0.3) is 5.69 Å². The van der Waals surface area contributed by atoms with Gasteiger partial charge in [0.15, 0.2) is 11.5 Å². The normalized spacial score (nSPS) is 11.0. The fraction of sp³-hybridized carbons (Fsp3) is 0.190. The number of benzene rings is 2. The summed E-state index contributed by atoms with van der Waals surface area (Å²) in [5.41, 5.74) is -0.662. The van der Waals surface area contributed by atoms with Crippen LogP contribution in [0.2, 0.25) is 5.02 Å². The van der Waals surface area contributed by atoms with E-state index in [0.29, 0.717) is 33.5 Å². The van der Waals surface area contributed by atoms with E-state index in [2.05, 4.69) is 9.98 Å². The lowest BCUT2D eigenvalue weighted by atomic mass is 10.2. The van der Waals surface area contributed by atoms with Crippen molar-refractivity contribution in [3.8, 4) is 28.8 Å². The van der Waals surface area contributed by atoms with Crippen molar-refractivity contribution in [2.75, 3.05) is 21.3 Å². The van der Waals surface area contributed by atoms with E-state index in [1.54, 1.807) is 36.4 Å². The van der Waals surface area contributed by atoms with Crippen LogP contribution in [0.5, 0.6) is 23.1 Å². The van der Waals surface area contributed by atoms with E-state index in [4.69, 9.17) is 25.8 Å². The molecule has 0 fully saturated rings. The average molecular weight is 446 g/mol. The van der Waals surface area contributed by atoms with Gasteiger partial charge in [0, 0.05) is 11.2 Å². The first-order chi connectivity index (χ1) is 14.9. The summed E-state index contributed by atoms with van der Waals surface area (Å²) >= 11 is 5.87. The van der Waals surface area contributed by atoms with Gasteiger partial charge in [0.1, 0.15) is 5.56 Å². The first kappa shape index (κ1) is 22.0. The molecule has 0 aliphatic rings. The van der Waals surface area contributed by atoms with Crippen molar-refractivity contribution in [3.63, 3.8) is 0 Å². The number of hydrogen-bond donors (Lipinski definition) is 2. The molecular weight excluding hydrogens is 426 g/mol. The second kappa shape index (κ2) is 9.40. The number of aromatic hydroxyl groups is 1. The van der Waals surface area contributed by atoms with Gasteiger partial charge in [-0.3, -0.25) is 14.8 Å². The smallest absolute Gasteiger partial charge is 0.335 e. The second-order valence-corrected chi connectivity index (χ2v) is 6.75. The molecule has 9 nitrogen and oxygen atoms in total. The molecule has 2 aromatic carbocycles. The third-order valence-corrected chi connectivity index (χ3v) is 4.68. The van der Waals surface area contributed by atoms with Crippen molar-refractivity contribution in [2.45, 2.75) is 6.54 Å². The summed E-state index contributed by atoms with van der Waals surface area (Å²) in [6.45, 7) is 0.148. The Bertz CT molecular complexity index is 1210. The van der Waals surface area contributed by atoms with Crippen LogP contribution >= 0.6 is 11.6 Å². The Hall–Kier alpha value is -3.72. The Morgan fingerprint density at radius 1 is 1.06 bits per heavy atom. The minimum Gasteiger partial charge on any atom is -0.493 e. The molecule has 0 saturated carbocycles. The highest BCUT2D eigenvalue weighted by atomic mass is 35.5. The zero-order chi connectivity index (χ0) is 22.5. The Labute approximate surface area is 182 Å². The van der Waals surface area contributed by atoms with E-state index in [-0.39, 0.29) is 12.1 Å². The number of nitrogens with zero attached hydrogens (tertiary/aromatic N) is 2. The largest absolute Gasteiger partial charge is 0.493 e. The highest BCUT2D eigenvalue weighted by molar-refractivity contribution is 6.30. The summed E-state index contributed by atoms with van der Waals surface area (Å²) in [5, 5.41) is 11.0. The predicted molar refractivity (Wildman–Crippen MR) is 117 cm³/mol. The van der Waals surface area contributed by atoms with Crippen LogP contribution in [0.1, 0.15) is 11.1 Å². The molecule has 10 heteroatoms. The number of rotatable bonds is 7. The van der Waals surface area contributed by atoms with Crippen molar-refractivity contribution < 1.29 is 19.3 Å². The molecule has 0 unspecified atom stereocenters. The van der Waals surface area contributed by atoms with Gasteiger partial charge in [0.05, 0.1) is 33.6 Å². The number of aliphatic imine (C=N–C) groups is 1. The molecule has 0 bridgehead atoms. The van der Waals surface area contributed by atoms with E-state index < -0.39 is 17.1 Å². The van der Waals surface area contributed by atoms with E-state index in [0.717, 1.165) is 4.57 Å². The Morgan fingerprint density at radius 3 is 2.23 bits per heavy atom. The van der Waals surface area contributed by atoms with Crippen molar-refractivity contribution in [3.05, 3.63) is 73.4 Å². The van der Waals surface area contributed by atoms with Crippen molar-refractivity contribution in [2.24, 2.45) is 4.99 Å². The van der Waals surface area contributed by atoms with E-state index in [1.807, 2.05) is 0 Å².